The highest BCUT2D eigenvalue weighted by atomic mass is 35.5. The number of hydrogen-bond acceptors (Lipinski definition) is 4. The summed E-state index contributed by atoms with van der Waals surface area (Å²) in [6.07, 6.45) is 1.98. The third-order valence-electron chi connectivity index (χ3n) is 3.16. The molecule has 2 rings (SSSR count). The van der Waals surface area contributed by atoms with Crippen LogP contribution < -0.4 is 10.1 Å². The third-order valence-corrected chi connectivity index (χ3v) is 3.57. The number of rotatable bonds is 6. The van der Waals surface area contributed by atoms with Crippen molar-refractivity contribution in [3.05, 3.63) is 34.6 Å². The minimum absolute atomic E-state index is 0.626. The Bertz CT molecular complexity index is 626. The topological polar surface area (TPSA) is 48.3 Å². The summed E-state index contributed by atoms with van der Waals surface area (Å²) in [7, 11) is 3.30. The number of nitrogens with one attached hydrogen (secondary N) is 1. The quantitative estimate of drug-likeness (QED) is 0.886. The number of aromatic nitrogens is 2. The van der Waals surface area contributed by atoms with Gasteiger partial charge < -0.3 is 19.4 Å². The zero-order valence-corrected chi connectivity index (χ0v) is 13.5. The van der Waals surface area contributed by atoms with Gasteiger partial charge >= 0.3 is 0 Å². The highest BCUT2D eigenvalue weighted by molar-refractivity contribution is 6.31. The molecule has 0 unspecified atom stereocenters. The van der Waals surface area contributed by atoms with Crippen LogP contribution in [0.1, 0.15) is 11.3 Å². The van der Waals surface area contributed by atoms with Gasteiger partial charge in [0.05, 0.1) is 25.1 Å². The first-order valence-corrected chi connectivity index (χ1v) is 7.06. The van der Waals surface area contributed by atoms with Crippen LogP contribution in [-0.2, 0) is 11.3 Å². The molecular formula is C15H20ClN3O2. The average Bonchev–Trinajstić information content (AvgIpc) is 2.80. The molecule has 21 heavy (non-hydrogen) atoms. The molecule has 5 nitrogen and oxygen atoms in total. The number of benzene rings is 1. The van der Waals surface area contributed by atoms with Gasteiger partial charge in [0.1, 0.15) is 5.75 Å². The lowest BCUT2D eigenvalue weighted by Gasteiger charge is -2.14. The monoisotopic (exact) mass is 309 g/mol. The number of ether oxygens (including phenoxy) is 2. The lowest BCUT2D eigenvalue weighted by atomic mass is 10.2. The molecule has 0 amide bonds. The van der Waals surface area contributed by atoms with Crippen molar-refractivity contribution >= 4 is 23.2 Å². The molecule has 1 aromatic carbocycles. The smallest absolute Gasteiger partial charge is 0.207 e. The maximum absolute atomic E-state index is 6.13. The largest absolute Gasteiger partial charge is 0.495 e. The molecule has 0 fully saturated rings. The molecule has 2 aromatic rings. The Balaban J connectivity index is 2.31. The minimum atomic E-state index is 0.626. The summed E-state index contributed by atoms with van der Waals surface area (Å²) in [6.45, 7) is 5.27. The van der Waals surface area contributed by atoms with E-state index >= 15 is 0 Å². The highest BCUT2D eigenvalue weighted by Gasteiger charge is 2.11. The van der Waals surface area contributed by atoms with Crippen LogP contribution in [0.5, 0.6) is 5.75 Å². The van der Waals surface area contributed by atoms with Crippen LogP contribution in [0, 0.1) is 13.8 Å². The molecule has 0 saturated carbocycles. The number of imidazole rings is 1. The van der Waals surface area contributed by atoms with Crippen molar-refractivity contribution in [3.63, 3.8) is 0 Å². The summed E-state index contributed by atoms with van der Waals surface area (Å²) >= 11 is 6.13. The van der Waals surface area contributed by atoms with Crippen molar-refractivity contribution in [2.75, 3.05) is 26.1 Å². The van der Waals surface area contributed by atoms with Crippen LogP contribution in [0.3, 0.4) is 0 Å². The fraction of sp³-hybridized carbons (Fsp3) is 0.400. The van der Waals surface area contributed by atoms with Crippen molar-refractivity contribution in [2.45, 2.75) is 20.4 Å². The lowest BCUT2D eigenvalue weighted by molar-refractivity contribution is 0.188. The standard InChI is InChI=1S/C15H20ClN3O2/c1-10-7-13(14(21-4)8-12(10)16)18-15-17-11(2)9-19(15)5-6-20-3/h7-9H,5-6H2,1-4H3,(H,17,18). The van der Waals surface area contributed by atoms with E-state index in [1.165, 1.54) is 0 Å². The van der Waals surface area contributed by atoms with E-state index in [1.54, 1.807) is 20.3 Å². The van der Waals surface area contributed by atoms with E-state index in [1.807, 2.05) is 30.7 Å². The van der Waals surface area contributed by atoms with Crippen LogP contribution >= 0.6 is 11.6 Å². The zero-order chi connectivity index (χ0) is 15.4. The van der Waals surface area contributed by atoms with Crippen molar-refractivity contribution < 1.29 is 9.47 Å². The number of halogens is 1. The van der Waals surface area contributed by atoms with Crippen LogP contribution in [0.25, 0.3) is 0 Å². The molecule has 0 aliphatic heterocycles. The molecule has 114 valence electrons. The van der Waals surface area contributed by atoms with E-state index in [0.717, 1.165) is 29.4 Å². The summed E-state index contributed by atoms with van der Waals surface area (Å²) in [5.74, 6) is 1.44. The molecule has 0 radical (unpaired) electrons. The van der Waals surface area contributed by atoms with Gasteiger partial charge in [-0.1, -0.05) is 11.6 Å². The van der Waals surface area contributed by atoms with Gasteiger partial charge in [-0.15, -0.1) is 0 Å². The first kappa shape index (κ1) is 15.7. The van der Waals surface area contributed by atoms with E-state index < -0.39 is 0 Å². The van der Waals surface area contributed by atoms with Gasteiger partial charge in [-0.25, -0.2) is 4.98 Å². The summed E-state index contributed by atoms with van der Waals surface area (Å²) in [5.41, 5.74) is 2.76. The normalized spacial score (nSPS) is 10.7. The fourth-order valence-corrected chi connectivity index (χ4v) is 2.21. The molecule has 0 spiro atoms. The van der Waals surface area contributed by atoms with E-state index in [-0.39, 0.29) is 0 Å². The molecule has 1 aromatic heterocycles. The van der Waals surface area contributed by atoms with Gasteiger partial charge in [-0.3, -0.25) is 0 Å². The van der Waals surface area contributed by atoms with Gasteiger partial charge in [-0.2, -0.15) is 0 Å². The van der Waals surface area contributed by atoms with Gasteiger partial charge in [0.2, 0.25) is 5.95 Å². The third kappa shape index (κ3) is 3.68. The second-order valence-corrected chi connectivity index (χ2v) is 5.23. The predicted octanol–water partition coefficient (Wildman–Crippen LogP) is 3.55. The van der Waals surface area contributed by atoms with Crippen molar-refractivity contribution in [2.24, 2.45) is 0 Å². The van der Waals surface area contributed by atoms with Gasteiger partial charge in [-0.05, 0) is 25.5 Å². The maximum Gasteiger partial charge on any atom is 0.207 e. The predicted molar refractivity (Wildman–Crippen MR) is 84.9 cm³/mol. The molecule has 0 aliphatic carbocycles. The van der Waals surface area contributed by atoms with E-state index in [4.69, 9.17) is 21.1 Å². The van der Waals surface area contributed by atoms with E-state index in [0.29, 0.717) is 17.4 Å². The molecule has 1 heterocycles. The number of anilines is 2. The van der Waals surface area contributed by atoms with Gasteiger partial charge in [0.25, 0.3) is 0 Å². The minimum Gasteiger partial charge on any atom is -0.495 e. The molecule has 0 aliphatic rings. The van der Waals surface area contributed by atoms with Crippen LogP contribution in [0.4, 0.5) is 11.6 Å². The van der Waals surface area contributed by atoms with Crippen molar-refractivity contribution in [1.82, 2.24) is 9.55 Å². The SMILES string of the molecule is COCCn1cc(C)nc1Nc1cc(C)c(Cl)cc1OC. The zero-order valence-electron chi connectivity index (χ0n) is 12.7. The second-order valence-electron chi connectivity index (χ2n) is 4.82. The van der Waals surface area contributed by atoms with Crippen molar-refractivity contribution in [1.29, 1.82) is 0 Å². The number of nitrogens with zero attached hydrogens (tertiary/aromatic N) is 2. The number of methoxy groups -OCH3 is 2. The van der Waals surface area contributed by atoms with Crippen LogP contribution in [0.15, 0.2) is 18.3 Å². The van der Waals surface area contributed by atoms with Gasteiger partial charge in [0, 0.05) is 30.9 Å². The van der Waals surface area contributed by atoms with E-state index in [9.17, 15) is 0 Å². The van der Waals surface area contributed by atoms with E-state index in [2.05, 4.69) is 10.3 Å². The lowest BCUT2D eigenvalue weighted by Crippen LogP contribution is -2.08. The highest BCUT2D eigenvalue weighted by Crippen LogP contribution is 2.32. The number of aryl methyl sites for hydroxylation is 2. The molecule has 0 saturated heterocycles. The molecule has 1 N–H and O–H groups in total. The van der Waals surface area contributed by atoms with Crippen LogP contribution in [0.2, 0.25) is 5.02 Å². The Hall–Kier alpha value is -1.72. The molecular weight excluding hydrogens is 290 g/mol. The Morgan fingerprint density at radius 1 is 1.29 bits per heavy atom. The van der Waals surface area contributed by atoms with Crippen LogP contribution in [-0.4, -0.2) is 30.4 Å². The molecule has 6 heteroatoms. The maximum atomic E-state index is 6.13. The number of hydrogen-bond donors (Lipinski definition) is 1. The van der Waals surface area contributed by atoms with Gasteiger partial charge in [0.15, 0.2) is 0 Å². The fourth-order valence-electron chi connectivity index (χ4n) is 2.06. The second kappa shape index (κ2) is 6.83. The summed E-state index contributed by atoms with van der Waals surface area (Å²) in [6, 6.07) is 3.75. The Morgan fingerprint density at radius 2 is 2.05 bits per heavy atom. The Kier molecular flexibility index (Phi) is 5.09. The molecule has 0 bridgehead atoms. The summed E-state index contributed by atoms with van der Waals surface area (Å²) in [5, 5.41) is 3.98. The molecule has 0 atom stereocenters. The average molecular weight is 310 g/mol. The summed E-state index contributed by atoms with van der Waals surface area (Å²) < 4.78 is 12.5. The Labute approximate surface area is 129 Å². The first-order valence-electron chi connectivity index (χ1n) is 6.69. The van der Waals surface area contributed by atoms with Crippen molar-refractivity contribution in [3.8, 4) is 5.75 Å². The summed E-state index contributed by atoms with van der Waals surface area (Å²) in [4.78, 5) is 4.49. The first-order chi connectivity index (χ1) is 10.0. The Morgan fingerprint density at radius 3 is 2.71 bits per heavy atom.